The lowest BCUT2D eigenvalue weighted by atomic mass is 10.0. The van der Waals surface area contributed by atoms with Gasteiger partial charge in [-0.2, -0.15) is 26.3 Å². The summed E-state index contributed by atoms with van der Waals surface area (Å²) in [6, 6.07) is 2.81. The van der Waals surface area contributed by atoms with Crippen LogP contribution in [0.25, 0.3) is 10.4 Å². The van der Waals surface area contributed by atoms with Crippen LogP contribution >= 0.6 is 11.3 Å². The number of nitrogens with one attached hydrogen (secondary N) is 1. The molecule has 0 aliphatic carbocycles. The van der Waals surface area contributed by atoms with E-state index in [2.05, 4.69) is 15.3 Å². The van der Waals surface area contributed by atoms with Crippen LogP contribution in [0.1, 0.15) is 46.9 Å². The Labute approximate surface area is 185 Å². The molecule has 0 amide bonds. The highest BCUT2D eigenvalue weighted by molar-refractivity contribution is 7.19. The number of carboxylic acid groups (broad SMARTS) is 1. The maximum atomic E-state index is 14.1. The molecule has 0 fully saturated rings. The summed E-state index contributed by atoms with van der Waals surface area (Å²) in [6.07, 6.45) is -9.22. The molecule has 2 heterocycles. The van der Waals surface area contributed by atoms with E-state index in [0.29, 0.717) is 35.0 Å². The van der Waals surface area contributed by atoms with Gasteiger partial charge in [0.25, 0.3) is 0 Å². The molecular formula is C20H14F7N3O2S. The van der Waals surface area contributed by atoms with Crippen molar-refractivity contribution in [2.75, 3.05) is 5.32 Å². The quantitative estimate of drug-likeness (QED) is 0.377. The molecule has 0 saturated carbocycles. The third kappa shape index (κ3) is 5.24. The van der Waals surface area contributed by atoms with Gasteiger partial charge in [-0.15, -0.1) is 0 Å². The van der Waals surface area contributed by atoms with Crippen LogP contribution in [0.4, 0.5) is 41.7 Å². The monoisotopic (exact) mass is 493 g/mol. The summed E-state index contributed by atoms with van der Waals surface area (Å²) in [4.78, 5) is 19.6. The molecule has 2 N–H and O–H groups in total. The summed E-state index contributed by atoms with van der Waals surface area (Å²) < 4.78 is 91.3. The number of hydrogen-bond donors (Lipinski definition) is 2. The first-order chi connectivity index (χ1) is 15.2. The molecule has 5 nitrogen and oxygen atoms in total. The largest absolute Gasteiger partial charge is 0.478 e. The average Bonchev–Trinajstić information content (AvgIpc) is 3.10. The van der Waals surface area contributed by atoms with E-state index in [0.717, 1.165) is 17.4 Å². The molecule has 2 aromatic heterocycles. The average molecular weight is 493 g/mol. The molecule has 33 heavy (non-hydrogen) atoms. The smallest absolute Gasteiger partial charge is 0.419 e. The van der Waals surface area contributed by atoms with Crippen molar-refractivity contribution < 1.29 is 40.6 Å². The predicted molar refractivity (Wildman–Crippen MR) is 106 cm³/mol. The number of aromatic nitrogens is 2. The van der Waals surface area contributed by atoms with Crippen molar-refractivity contribution in [1.82, 2.24) is 9.97 Å². The molecule has 13 heteroatoms. The number of benzene rings is 1. The number of anilines is 2. The molecule has 0 unspecified atom stereocenters. The normalized spacial score (nSPS) is 12.3. The van der Waals surface area contributed by atoms with Crippen molar-refractivity contribution in [3.05, 3.63) is 58.7 Å². The van der Waals surface area contributed by atoms with Crippen molar-refractivity contribution >= 4 is 28.3 Å². The fourth-order valence-corrected chi connectivity index (χ4v) is 3.97. The number of aromatic carboxylic acids is 1. The van der Waals surface area contributed by atoms with Crippen LogP contribution in [0.15, 0.2) is 30.5 Å². The maximum Gasteiger partial charge on any atom is 0.419 e. The van der Waals surface area contributed by atoms with Gasteiger partial charge in [0.1, 0.15) is 17.2 Å². The molecule has 176 valence electrons. The molecule has 0 bridgehead atoms. The van der Waals surface area contributed by atoms with Gasteiger partial charge in [0.05, 0.1) is 21.7 Å². The third-order valence-corrected chi connectivity index (χ3v) is 5.44. The van der Waals surface area contributed by atoms with Crippen molar-refractivity contribution in [3.63, 3.8) is 0 Å². The molecule has 0 saturated heterocycles. The minimum atomic E-state index is -4.87. The number of halogens is 7. The van der Waals surface area contributed by atoms with Crippen molar-refractivity contribution in [2.24, 2.45) is 0 Å². The number of pyridine rings is 1. The van der Waals surface area contributed by atoms with Gasteiger partial charge >= 0.3 is 18.3 Å². The summed E-state index contributed by atoms with van der Waals surface area (Å²) in [7, 11) is 0. The zero-order chi connectivity index (χ0) is 24.7. The molecule has 0 atom stereocenters. The highest BCUT2D eigenvalue weighted by atomic mass is 32.1. The van der Waals surface area contributed by atoms with E-state index < -0.39 is 46.6 Å². The van der Waals surface area contributed by atoms with E-state index in [1.807, 2.05) is 0 Å². The third-order valence-electron chi connectivity index (χ3n) is 4.41. The van der Waals surface area contributed by atoms with Crippen molar-refractivity contribution in [2.45, 2.75) is 32.1 Å². The Kier molecular flexibility index (Phi) is 6.37. The van der Waals surface area contributed by atoms with E-state index in [1.54, 1.807) is 13.8 Å². The Morgan fingerprint density at radius 2 is 1.76 bits per heavy atom. The van der Waals surface area contributed by atoms with Gasteiger partial charge in [-0.25, -0.2) is 19.2 Å². The number of nitrogens with zero attached hydrogens (tertiary/aromatic N) is 2. The Balaban J connectivity index is 2.04. The number of rotatable bonds is 5. The molecule has 3 aromatic rings. The Morgan fingerprint density at radius 3 is 2.27 bits per heavy atom. The van der Waals surface area contributed by atoms with Gasteiger partial charge < -0.3 is 10.4 Å². The zero-order valence-electron chi connectivity index (χ0n) is 16.8. The highest BCUT2D eigenvalue weighted by Crippen LogP contribution is 2.40. The van der Waals surface area contributed by atoms with Crippen LogP contribution < -0.4 is 5.32 Å². The first kappa shape index (κ1) is 24.4. The second kappa shape index (κ2) is 8.61. The fourth-order valence-electron chi connectivity index (χ4n) is 2.85. The van der Waals surface area contributed by atoms with Gasteiger partial charge in [0, 0.05) is 6.20 Å². The summed E-state index contributed by atoms with van der Waals surface area (Å²) in [5.74, 6) is -3.82. The van der Waals surface area contributed by atoms with Crippen LogP contribution in [0.3, 0.4) is 0 Å². The number of thiazole rings is 1. The molecule has 0 aliphatic rings. The summed E-state index contributed by atoms with van der Waals surface area (Å²) in [6.45, 7) is 3.45. The summed E-state index contributed by atoms with van der Waals surface area (Å²) in [5, 5.41) is 11.8. The molecule has 0 spiro atoms. The summed E-state index contributed by atoms with van der Waals surface area (Å²) >= 11 is 0.863. The van der Waals surface area contributed by atoms with Gasteiger partial charge in [0.2, 0.25) is 0 Å². The number of carboxylic acids is 1. The second-order valence-electron chi connectivity index (χ2n) is 7.13. The second-order valence-corrected chi connectivity index (χ2v) is 8.13. The lowest BCUT2D eigenvalue weighted by Gasteiger charge is -2.10. The van der Waals surface area contributed by atoms with Crippen LogP contribution in [-0.2, 0) is 12.4 Å². The van der Waals surface area contributed by atoms with E-state index in [1.165, 1.54) is 0 Å². The van der Waals surface area contributed by atoms with Crippen LogP contribution in [0.5, 0.6) is 0 Å². The molecule has 1 aromatic carbocycles. The van der Waals surface area contributed by atoms with Crippen LogP contribution in [-0.4, -0.2) is 21.0 Å². The number of carbonyl (C=O) groups is 1. The predicted octanol–water partition coefficient (Wildman–Crippen LogP) is 6.95. The molecular weight excluding hydrogens is 479 g/mol. The van der Waals surface area contributed by atoms with Gasteiger partial charge in [-0.05, 0) is 29.7 Å². The van der Waals surface area contributed by atoms with E-state index in [9.17, 15) is 40.6 Å². The zero-order valence-corrected chi connectivity index (χ0v) is 17.6. The van der Waals surface area contributed by atoms with E-state index >= 15 is 0 Å². The van der Waals surface area contributed by atoms with Gasteiger partial charge in [-0.3, -0.25) is 0 Å². The van der Waals surface area contributed by atoms with Crippen LogP contribution in [0.2, 0.25) is 0 Å². The topological polar surface area (TPSA) is 75.1 Å². The highest BCUT2D eigenvalue weighted by Gasteiger charge is 2.35. The number of hydrogen-bond acceptors (Lipinski definition) is 5. The van der Waals surface area contributed by atoms with E-state index in [4.69, 9.17) is 0 Å². The fraction of sp³-hybridized carbons (Fsp3) is 0.250. The van der Waals surface area contributed by atoms with Crippen molar-refractivity contribution in [3.8, 4) is 10.4 Å². The van der Waals surface area contributed by atoms with E-state index in [-0.39, 0.29) is 16.6 Å². The van der Waals surface area contributed by atoms with Crippen LogP contribution in [0, 0.1) is 5.82 Å². The first-order valence-corrected chi connectivity index (χ1v) is 9.95. The summed E-state index contributed by atoms with van der Waals surface area (Å²) in [5.41, 5.74) is -2.97. The molecule has 0 radical (unpaired) electrons. The molecule has 3 rings (SSSR count). The number of alkyl halides is 6. The lowest BCUT2D eigenvalue weighted by molar-refractivity contribution is -0.140. The van der Waals surface area contributed by atoms with Gasteiger partial charge in [-0.1, -0.05) is 31.3 Å². The Bertz CT molecular complexity index is 1200. The first-order valence-electron chi connectivity index (χ1n) is 9.14. The Hall–Kier alpha value is -3.22. The van der Waals surface area contributed by atoms with Gasteiger partial charge in [0.15, 0.2) is 5.13 Å². The maximum absolute atomic E-state index is 14.1. The standard InChI is InChI=1S/C20H14F7N3O2S/c1-8(2)14-15(9-3-4-12(13(21)5-9)20(25,26)27)33-18(29-14)30-16-11(17(31)32)6-10(7-28-16)19(22,23)24/h3-8H,1-2H3,(H,31,32)(H,28,29,30). The lowest BCUT2D eigenvalue weighted by Crippen LogP contribution is -2.11. The minimum absolute atomic E-state index is 0.0174. The molecule has 0 aliphatic heterocycles. The Morgan fingerprint density at radius 1 is 1.09 bits per heavy atom. The minimum Gasteiger partial charge on any atom is -0.478 e. The SMILES string of the molecule is CC(C)c1nc(Nc2ncc(C(F)(F)F)cc2C(=O)O)sc1-c1ccc(C(F)(F)F)c(F)c1. The van der Waals surface area contributed by atoms with Crippen molar-refractivity contribution in [1.29, 1.82) is 0 Å².